The van der Waals surface area contributed by atoms with Crippen LogP contribution in [0, 0.1) is 11.6 Å². The van der Waals surface area contributed by atoms with Crippen molar-refractivity contribution in [1.82, 2.24) is 10.2 Å². The van der Waals surface area contributed by atoms with Crippen molar-refractivity contribution in [3.8, 4) is 0 Å². The molecule has 1 fully saturated rings. The van der Waals surface area contributed by atoms with Gasteiger partial charge in [-0.3, -0.25) is 14.5 Å². The fourth-order valence-electron chi connectivity index (χ4n) is 3.27. The van der Waals surface area contributed by atoms with Crippen LogP contribution in [0.15, 0.2) is 42.5 Å². The summed E-state index contributed by atoms with van der Waals surface area (Å²) in [4.78, 5) is 38.2. The van der Waals surface area contributed by atoms with Crippen molar-refractivity contribution >= 4 is 23.5 Å². The van der Waals surface area contributed by atoms with E-state index in [9.17, 15) is 23.2 Å². The third-order valence-electron chi connectivity index (χ3n) is 4.87. The number of hydrogen-bond donors (Lipinski definition) is 2. The maximum Gasteiger partial charge on any atom is 0.325 e. The average molecular weight is 401 g/mol. The molecule has 0 aromatic heterocycles. The van der Waals surface area contributed by atoms with Crippen LogP contribution in [0.4, 0.5) is 19.3 Å². The number of benzene rings is 2. The molecule has 1 atom stereocenters. The number of hydrogen-bond acceptors (Lipinski definition) is 3. The molecule has 0 bridgehead atoms. The van der Waals surface area contributed by atoms with Gasteiger partial charge < -0.3 is 10.6 Å². The molecule has 0 radical (unpaired) electrons. The van der Waals surface area contributed by atoms with Crippen LogP contribution in [0.2, 0.25) is 0 Å². The van der Waals surface area contributed by atoms with Gasteiger partial charge in [0.2, 0.25) is 5.91 Å². The summed E-state index contributed by atoms with van der Waals surface area (Å²) < 4.78 is 27.4. The Morgan fingerprint density at radius 1 is 1.10 bits per heavy atom. The van der Waals surface area contributed by atoms with Crippen LogP contribution in [0.5, 0.6) is 0 Å². The molecular formula is C21H21F2N3O3. The molecule has 29 heavy (non-hydrogen) atoms. The zero-order valence-electron chi connectivity index (χ0n) is 16.1. The van der Waals surface area contributed by atoms with E-state index in [1.54, 1.807) is 19.1 Å². The molecule has 4 amide bonds. The summed E-state index contributed by atoms with van der Waals surface area (Å²) in [7, 11) is 0. The van der Waals surface area contributed by atoms with Crippen LogP contribution in [0.3, 0.4) is 0 Å². The predicted octanol–water partition coefficient (Wildman–Crippen LogP) is 3.32. The third-order valence-corrected chi connectivity index (χ3v) is 4.87. The fourth-order valence-corrected chi connectivity index (χ4v) is 3.27. The molecule has 0 unspecified atom stereocenters. The van der Waals surface area contributed by atoms with Gasteiger partial charge in [0.1, 0.15) is 29.4 Å². The average Bonchev–Trinajstić information content (AvgIpc) is 2.90. The third kappa shape index (κ3) is 3.96. The summed E-state index contributed by atoms with van der Waals surface area (Å²) in [6, 6.07) is 9.70. The van der Waals surface area contributed by atoms with Gasteiger partial charge in [0.25, 0.3) is 5.91 Å². The number of aryl methyl sites for hydroxylation is 1. The topological polar surface area (TPSA) is 78.5 Å². The number of carbonyl (C=O) groups excluding carboxylic acids is 3. The molecule has 152 valence electrons. The summed E-state index contributed by atoms with van der Waals surface area (Å²) in [6.07, 6.45) is 1.88. The van der Waals surface area contributed by atoms with Crippen LogP contribution in [-0.4, -0.2) is 29.3 Å². The lowest BCUT2D eigenvalue weighted by molar-refractivity contribution is -0.133. The van der Waals surface area contributed by atoms with Crippen molar-refractivity contribution < 1.29 is 23.2 Å². The van der Waals surface area contributed by atoms with E-state index in [0.717, 1.165) is 41.5 Å². The summed E-state index contributed by atoms with van der Waals surface area (Å²) in [5.41, 5.74) is -0.261. The molecule has 2 aromatic carbocycles. The van der Waals surface area contributed by atoms with Crippen molar-refractivity contribution in [2.45, 2.75) is 32.2 Å². The number of para-hydroxylation sites is 1. The second-order valence-electron chi connectivity index (χ2n) is 7.04. The number of urea groups is 1. The van der Waals surface area contributed by atoms with Gasteiger partial charge in [-0.25, -0.2) is 13.6 Å². The van der Waals surface area contributed by atoms with Gasteiger partial charge in [-0.05, 0) is 36.6 Å². The van der Waals surface area contributed by atoms with Gasteiger partial charge in [-0.1, -0.05) is 43.7 Å². The lowest BCUT2D eigenvalue weighted by Crippen LogP contribution is -2.42. The molecule has 8 heteroatoms. The normalized spacial score (nSPS) is 18.7. The Balaban J connectivity index is 1.75. The Hall–Kier alpha value is -3.29. The maximum absolute atomic E-state index is 13.7. The first-order valence-electron chi connectivity index (χ1n) is 9.23. The first-order valence-corrected chi connectivity index (χ1v) is 9.23. The monoisotopic (exact) mass is 401 g/mol. The van der Waals surface area contributed by atoms with Crippen molar-refractivity contribution in [1.29, 1.82) is 0 Å². The molecular weight excluding hydrogens is 380 g/mol. The highest BCUT2D eigenvalue weighted by atomic mass is 19.1. The van der Waals surface area contributed by atoms with E-state index in [2.05, 4.69) is 17.6 Å². The van der Waals surface area contributed by atoms with Gasteiger partial charge >= 0.3 is 6.03 Å². The minimum atomic E-state index is -1.33. The van der Waals surface area contributed by atoms with Crippen molar-refractivity contribution in [2.24, 2.45) is 0 Å². The van der Waals surface area contributed by atoms with Crippen LogP contribution >= 0.6 is 0 Å². The van der Waals surface area contributed by atoms with E-state index < -0.39 is 47.3 Å². The van der Waals surface area contributed by atoms with Crippen molar-refractivity contribution in [3.05, 3.63) is 65.2 Å². The first kappa shape index (κ1) is 20.4. The number of nitrogens with zero attached hydrogens (tertiary/aromatic N) is 1. The van der Waals surface area contributed by atoms with E-state index in [4.69, 9.17) is 0 Å². The molecule has 2 N–H and O–H groups in total. The van der Waals surface area contributed by atoms with E-state index in [1.165, 1.54) is 0 Å². The number of nitrogens with one attached hydrogen (secondary N) is 2. The number of imide groups is 1. The van der Waals surface area contributed by atoms with Gasteiger partial charge in [-0.2, -0.15) is 0 Å². The van der Waals surface area contributed by atoms with Gasteiger partial charge in [-0.15, -0.1) is 0 Å². The molecule has 1 saturated heterocycles. The minimum absolute atomic E-state index is 0.582. The Bertz CT molecular complexity index is 942. The summed E-state index contributed by atoms with van der Waals surface area (Å²) in [5.74, 6) is -3.41. The largest absolute Gasteiger partial charge is 0.325 e. The molecule has 0 aliphatic carbocycles. The highest BCUT2D eigenvalue weighted by Crippen LogP contribution is 2.29. The SMILES string of the molecule is CCCc1ccc([C@]2(C)NC(=O)N(CC(=O)Nc3c(F)cccc3F)C2=O)cc1. The van der Waals surface area contributed by atoms with E-state index >= 15 is 0 Å². The molecule has 2 aromatic rings. The summed E-state index contributed by atoms with van der Waals surface area (Å²) in [5, 5.41) is 4.67. The zero-order valence-corrected chi connectivity index (χ0v) is 16.1. The van der Waals surface area contributed by atoms with Gasteiger partial charge in [0.15, 0.2) is 0 Å². The first-order chi connectivity index (χ1) is 13.8. The van der Waals surface area contributed by atoms with E-state index in [1.807, 2.05) is 12.1 Å². The molecule has 1 aliphatic rings. The highest BCUT2D eigenvalue weighted by molar-refractivity contribution is 6.10. The molecule has 1 aliphatic heterocycles. The second kappa shape index (κ2) is 7.98. The molecule has 3 rings (SSSR count). The van der Waals surface area contributed by atoms with Crippen LogP contribution in [0.25, 0.3) is 0 Å². The van der Waals surface area contributed by atoms with E-state index in [-0.39, 0.29) is 0 Å². The maximum atomic E-state index is 13.7. The van der Waals surface area contributed by atoms with Crippen molar-refractivity contribution in [3.63, 3.8) is 0 Å². The van der Waals surface area contributed by atoms with Crippen LogP contribution in [-0.2, 0) is 21.5 Å². The van der Waals surface area contributed by atoms with Crippen LogP contribution in [0.1, 0.15) is 31.4 Å². The van der Waals surface area contributed by atoms with Crippen molar-refractivity contribution in [2.75, 3.05) is 11.9 Å². The Morgan fingerprint density at radius 2 is 1.72 bits per heavy atom. The fraction of sp³-hybridized carbons (Fsp3) is 0.286. The highest BCUT2D eigenvalue weighted by Gasteiger charge is 2.49. The van der Waals surface area contributed by atoms with E-state index in [0.29, 0.717) is 5.56 Å². The number of amides is 4. The molecule has 1 heterocycles. The molecule has 0 spiro atoms. The predicted molar refractivity (Wildman–Crippen MR) is 103 cm³/mol. The quantitative estimate of drug-likeness (QED) is 0.729. The summed E-state index contributed by atoms with van der Waals surface area (Å²) >= 11 is 0. The minimum Gasteiger partial charge on any atom is -0.320 e. The van der Waals surface area contributed by atoms with Crippen LogP contribution < -0.4 is 10.6 Å². The number of halogens is 2. The van der Waals surface area contributed by atoms with Gasteiger partial charge in [0, 0.05) is 0 Å². The lowest BCUT2D eigenvalue weighted by Gasteiger charge is -2.22. The number of carbonyl (C=O) groups is 3. The van der Waals surface area contributed by atoms with Gasteiger partial charge in [0.05, 0.1) is 0 Å². The number of rotatable bonds is 6. The standard InChI is InChI=1S/C21H21F2N3O3/c1-3-5-13-8-10-14(11-9-13)21(2)19(28)26(20(29)25-21)12-17(27)24-18-15(22)6-4-7-16(18)23/h4,6-11H,3,5,12H2,1-2H3,(H,24,27)(H,25,29)/t21-/m0/s1. The Kier molecular flexibility index (Phi) is 5.63. The molecule has 0 saturated carbocycles. The Labute approximate surface area is 166 Å². The lowest BCUT2D eigenvalue weighted by atomic mass is 9.91. The zero-order chi connectivity index (χ0) is 21.2. The number of anilines is 1. The second-order valence-corrected chi connectivity index (χ2v) is 7.04. The molecule has 6 nitrogen and oxygen atoms in total. The smallest absolute Gasteiger partial charge is 0.320 e. The summed E-state index contributed by atoms with van der Waals surface area (Å²) in [6.45, 7) is 2.95. The Morgan fingerprint density at radius 3 is 2.31 bits per heavy atom.